The molecule has 2 atom stereocenters. The van der Waals surface area contributed by atoms with Gasteiger partial charge in [-0.3, -0.25) is 19.2 Å². The minimum Gasteiger partial charge on any atom is -0.481 e. The van der Waals surface area contributed by atoms with Crippen molar-refractivity contribution in [2.24, 2.45) is 0 Å². The Morgan fingerprint density at radius 2 is 1.96 bits per heavy atom. The summed E-state index contributed by atoms with van der Waals surface area (Å²) in [4.78, 5) is 45.1. The van der Waals surface area contributed by atoms with Crippen molar-refractivity contribution < 1.29 is 33.8 Å². The Labute approximate surface area is 131 Å². The molecule has 0 aliphatic rings. The number of hydrogen-bond acceptors (Lipinski definition) is 5. The first-order chi connectivity index (χ1) is 10.8. The molecule has 23 heavy (non-hydrogen) atoms. The molecule has 124 valence electrons. The topological polar surface area (TPSA) is 146 Å². The van der Waals surface area contributed by atoms with Crippen LogP contribution < -0.4 is 10.6 Å². The van der Waals surface area contributed by atoms with Gasteiger partial charge in [0.25, 0.3) is 0 Å². The maximum atomic E-state index is 11.9. The average molecular weight is 324 g/mol. The maximum absolute atomic E-state index is 11.9. The van der Waals surface area contributed by atoms with Crippen LogP contribution in [0, 0.1) is 0 Å². The van der Waals surface area contributed by atoms with Gasteiger partial charge in [-0.05, 0) is 25.1 Å². The van der Waals surface area contributed by atoms with Crippen LogP contribution >= 0.6 is 0 Å². The largest absolute Gasteiger partial charge is 0.481 e. The number of nitrogens with one attached hydrogen (secondary N) is 2. The van der Waals surface area contributed by atoms with E-state index in [9.17, 15) is 19.2 Å². The van der Waals surface area contributed by atoms with Gasteiger partial charge in [-0.1, -0.05) is 0 Å². The lowest BCUT2D eigenvalue weighted by atomic mass is 10.1. The van der Waals surface area contributed by atoms with Gasteiger partial charge in [0.15, 0.2) is 0 Å². The predicted octanol–water partition coefficient (Wildman–Crippen LogP) is -0.158. The van der Waals surface area contributed by atoms with E-state index in [-0.39, 0.29) is 0 Å². The molecule has 9 heteroatoms. The second kappa shape index (κ2) is 8.37. The number of hydrogen-bond donors (Lipinski definition) is 4. The van der Waals surface area contributed by atoms with Gasteiger partial charge in [0.05, 0.1) is 12.7 Å². The van der Waals surface area contributed by atoms with Crippen molar-refractivity contribution >= 4 is 29.8 Å². The quantitative estimate of drug-likeness (QED) is 0.486. The minimum atomic E-state index is -1.40. The summed E-state index contributed by atoms with van der Waals surface area (Å²) in [6, 6.07) is 0.600. The molecule has 0 radical (unpaired) electrons. The number of aliphatic carboxylic acids is 2. The van der Waals surface area contributed by atoms with E-state index in [1.165, 1.54) is 19.3 Å². The molecule has 1 rings (SSSR count). The summed E-state index contributed by atoms with van der Waals surface area (Å²) in [5.41, 5.74) is 0. The molecule has 0 saturated heterocycles. The number of carbonyl (C=O) groups is 4. The fourth-order valence-electron chi connectivity index (χ4n) is 1.52. The van der Waals surface area contributed by atoms with E-state index in [2.05, 4.69) is 10.6 Å². The molecule has 0 bridgehead atoms. The average Bonchev–Trinajstić information content (AvgIpc) is 2.97. The molecule has 0 aliphatic carbocycles. The van der Waals surface area contributed by atoms with Crippen molar-refractivity contribution in [1.29, 1.82) is 0 Å². The van der Waals surface area contributed by atoms with Gasteiger partial charge < -0.3 is 25.3 Å². The summed E-state index contributed by atoms with van der Waals surface area (Å²) in [5, 5.41) is 21.8. The van der Waals surface area contributed by atoms with Gasteiger partial charge in [0, 0.05) is 6.08 Å². The SMILES string of the molecule is C[C@H](NC(=O)[C@H](CC(=O)O)NC(=O)/C=C\c1ccco1)C(=O)O. The Kier molecular flexibility index (Phi) is 6.53. The molecule has 0 fully saturated rings. The minimum absolute atomic E-state index is 0.402. The monoisotopic (exact) mass is 324 g/mol. The first-order valence-electron chi connectivity index (χ1n) is 6.56. The molecule has 1 aromatic rings. The van der Waals surface area contributed by atoms with Crippen LogP contribution in [-0.4, -0.2) is 46.0 Å². The Hall–Kier alpha value is -3.10. The summed E-state index contributed by atoms with van der Waals surface area (Å²) in [5.74, 6) is -3.81. The molecule has 0 aliphatic heterocycles. The van der Waals surface area contributed by atoms with E-state index in [0.717, 1.165) is 6.08 Å². The lowest BCUT2D eigenvalue weighted by molar-refractivity contribution is -0.142. The Balaban J connectivity index is 2.69. The molecular formula is C14H16N2O7. The molecule has 1 heterocycles. The zero-order valence-corrected chi connectivity index (χ0v) is 12.2. The van der Waals surface area contributed by atoms with Crippen molar-refractivity contribution in [2.75, 3.05) is 0 Å². The van der Waals surface area contributed by atoms with Crippen LogP contribution in [0.5, 0.6) is 0 Å². The third kappa shape index (κ3) is 6.46. The van der Waals surface area contributed by atoms with Crippen molar-refractivity contribution in [1.82, 2.24) is 10.6 Å². The van der Waals surface area contributed by atoms with Crippen molar-refractivity contribution in [3.05, 3.63) is 30.2 Å². The van der Waals surface area contributed by atoms with Gasteiger partial charge in [-0.15, -0.1) is 0 Å². The third-order valence-corrected chi connectivity index (χ3v) is 2.68. The van der Waals surface area contributed by atoms with Crippen LogP contribution in [0.3, 0.4) is 0 Å². The van der Waals surface area contributed by atoms with Gasteiger partial charge in [0.2, 0.25) is 11.8 Å². The standard InChI is InChI=1S/C14H16N2O7/c1-8(14(21)22)15-13(20)10(7-12(18)19)16-11(17)5-4-9-3-2-6-23-9/h2-6,8,10H,7H2,1H3,(H,15,20)(H,16,17)(H,18,19)(H,21,22)/b5-4-/t8-,10-/m0/s1. The van der Waals surface area contributed by atoms with Crippen LogP contribution in [0.2, 0.25) is 0 Å². The zero-order chi connectivity index (χ0) is 17.4. The molecule has 2 amide bonds. The first-order valence-corrected chi connectivity index (χ1v) is 6.56. The highest BCUT2D eigenvalue weighted by Gasteiger charge is 2.25. The van der Waals surface area contributed by atoms with Crippen LogP contribution in [0.25, 0.3) is 6.08 Å². The van der Waals surface area contributed by atoms with Crippen molar-refractivity contribution in [3.8, 4) is 0 Å². The van der Waals surface area contributed by atoms with E-state index >= 15 is 0 Å². The van der Waals surface area contributed by atoms with Crippen molar-refractivity contribution in [2.45, 2.75) is 25.4 Å². The van der Waals surface area contributed by atoms with E-state index in [1.807, 2.05) is 0 Å². The second-order valence-corrected chi connectivity index (χ2v) is 4.58. The maximum Gasteiger partial charge on any atom is 0.325 e. The Morgan fingerprint density at radius 1 is 1.26 bits per heavy atom. The highest BCUT2D eigenvalue weighted by Crippen LogP contribution is 2.02. The highest BCUT2D eigenvalue weighted by molar-refractivity contribution is 5.97. The first kappa shape index (κ1) is 18.0. The van der Waals surface area contributed by atoms with Gasteiger partial charge in [-0.25, -0.2) is 0 Å². The molecule has 4 N–H and O–H groups in total. The Morgan fingerprint density at radius 3 is 2.48 bits per heavy atom. The summed E-state index contributed by atoms with van der Waals surface area (Å²) in [6.07, 6.45) is 3.14. The lowest BCUT2D eigenvalue weighted by Gasteiger charge is -2.17. The fourth-order valence-corrected chi connectivity index (χ4v) is 1.52. The third-order valence-electron chi connectivity index (χ3n) is 2.68. The molecule has 0 saturated carbocycles. The van der Waals surface area contributed by atoms with Gasteiger partial charge in [0.1, 0.15) is 17.8 Å². The second-order valence-electron chi connectivity index (χ2n) is 4.58. The highest BCUT2D eigenvalue weighted by atomic mass is 16.4. The van der Waals surface area contributed by atoms with E-state index in [0.29, 0.717) is 5.76 Å². The van der Waals surface area contributed by atoms with Gasteiger partial charge >= 0.3 is 11.9 Å². The number of carbonyl (C=O) groups excluding carboxylic acids is 2. The number of rotatable bonds is 8. The summed E-state index contributed by atoms with van der Waals surface area (Å²) >= 11 is 0. The van der Waals surface area contributed by atoms with Crippen LogP contribution in [0.1, 0.15) is 19.1 Å². The number of carboxylic acids is 2. The lowest BCUT2D eigenvalue weighted by Crippen LogP contribution is -2.51. The molecular weight excluding hydrogens is 308 g/mol. The smallest absolute Gasteiger partial charge is 0.325 e. The number of furan rings is 1. The van der Waals surface area contributed by atoms with Gasteiger partial charge in [-0.2, -0.15) is 0 Å². The molecule has 1 aromatic heterocycles. The zero-order valence-electron chi connectivity index (χ0n) is 12.2. The van der Waals surface area contributed by atoms with Crippen LogP contribution in [0.4, 0.5) is 0 Å². The van der Waals surface area contributed by atoms with Crippen LogP contribution in [-0.2, 0) is 19.2 Å². The summed E-state index contributed by atoms with van der Waals surface area (Å²) in [7, 11) is 0. The van der Waals surface area contributed by atoms with E-state index < -0.39 is 42.3 Å². The Bertz CT molecular complexity index is 607. The number of amides is 2. The molecule has 0 unspecified atom stereocenters. The summed E-state index contributed by atoms with van der Waals surface area (Å²) in [6.45, 7) is 1.22. The molecule has 0 aromatic carbocycles. The molecule has 9 nitrogen and oxygen atoms in total. The van der Waals surface area contributed by atoms with E-state index in [1.54, 1.807) is 12.1 Å². The van der Waals surface area contributed by atoms with Crippen molar-refractivity contribution in [3.63, 3.8) is 0 Å². The normalized spacial score (nSPS) is 13.3. The summed E-state index contributed by atoms with van der Waals surface area (Å²) < 4.78 is 4.97. The predicted molar refractivity (Wildman–Crippen MR) is 77.2 cm³/mol. The molecule has 0 spiro atoms. The van der Waals surface area contributed by atoms with E-state index in [4.69, 9.17) is 14.6 Å². The number of carboxylic acid groups (broad SMARTS) is 2. The van der Waals surface area contributed by atoms with Crippen LogP contribution in [0.15, 0.2) is 28.9 Å². The fraction of sp³-hybridized carbons (Fsp3) is 0.286.